The van der Waals surface area contributed by atoms with Crippen LogP contribution in [0.1, 0.15) is 0 Å². The molecule has 0 bridgehead atoms. The van der Waals surface area contributed by atoms with Crippen molar-refractivity contribution >= 4 is 23.7 Å². The quantitative estimate of drug-likeness (QED) is 0.647. The summed E-state index contributed by atoms with van der Waals surface area (Å²) < 4.78 is 0.465. The van der Waals surface area contributed by atoms with Gasteiger partial charge >= 0.3 is 6.09 Å². The van der Waals surface area contributed by atoms with Crippen molar-refractivity contribution in [1.82, 2.24) is 9.97 Å². The highest BCUT2D eigenvalue weighted by molar-refractivity contribution is 6.34. The highest BCUT2D eigenvalue weighted by atomic mass is 35.5. The predicted octanol–water partition coefficient (Wildman–Crippen LogP) is 1.11. The first-order valence-electron chi connectivity index (χ1n) is 2.66. The minimum Gasteiger partial charge on any atom is -0.464 e. The molecule has 0 aliphatic carbocycles. The van der Waals surface area contributed by atoms with Gasteiger partial charge in [0.1, 0.15) is 0 Å². The highest BCUT2D eigenvalue weighted by Crippen LogP contribution is 2.09. The zero-order valence-corrected chi connectivity index (χ0v) is 6.06. The number of amides is 1. The van der Waals surface area contributed by atoms with Crippen molar-refractivity contribution in [3.8, 4) is 0 Å². The minimum atomic E-state index is -1.29. The molecule has 0 aliphatic heterocycles. The summed E-state index contributed by atoms with van der Waals surface area (Å²) in [5.41, 5.74) is 0. The number of carboxylic acid groups (broad SMARTS) is 1. The molecule has 1 amide bonds. The fraction of sp³-hybridized carbons (Fsp3) is 0. The van der Waals surface area contributed by atoms with Crippen molar-refractivity contribution in [2.45, 2.75) is 0 Å². The Morgan fingerprint density at radius 1 is 1.64 bits per heavy atom. The van der Waals surface area contributed by atoms with Gasteiger partial charge in [-0.3, -0.25) is 4.98 Å². The number of halogens is 1. The van der Waals surface area contributed by atoms with Gasteiger partial charge in [-0.05, 0) is 0 Å². The van der Waals surface area contributed by atoms with Crippen LogP contribution in [0.4, 0.5) is 10.6 Å². The van der Waals surface area contributed by atoms with Gasteiger partial charge in [0.05, 0.1) is 6.20 Å². The zero-order chi connectivity index (χ0) is 8.27. The Morgan fingerprint density at radius 3 is 2.82 bits per heavy atom. The zero-order valence-electron chi connectivity index (χ0n) is 5.31. The van der Waals surface area contributed by atoms with Gasteiger partial charge in [0.15, 0.2) is 5.82 Å². The molecule has 0 aliphatic rings. The van der Waals surface area contributed by atoms with E-state index in [-0.39, 0.29) is 5.82 Å². The van der Waals surface area contributed by atoms with E-state index in [1.807, 2.05) is 0 Å². The molecule has 0 spiro atoms. The van der Waals surface area contributed by atoms with Crippen LogP contribution in [0, 0.1) is 0 Å². The molecular weight excluding hydrogens is 170 g/mol. The molecule has 6 heteroatoms. The molecule has 58 valence electrons. The Morgan fingerprint density at radius 2 is 2.36 bits per heavy atom. The molecule has 1 N–H and O–H groups in total. The Bertz CT molecular complexity index is 253. The lowest BCUT2D eigenvalue weighted by Crippen LogP contribution is -2.18. The summed E-state index contributed by atoms with van der Waals surface area (Å²) in [5.74, 6) is 0.0849. The maximum absolute atomic E-state index is 10.2. The fourth-order valence-corrected chi connectivity index (χ4v) is 0.578. The lowest BCUT2D eigenvalue weighted by Gasteiger charge is -2.05. The van der Waals surface area contributed by atoms with E-state index in [9.17, 15) is 4.79 Å². The van der Waals surface area contributed by atoms with E-state index in [0.717, 1.165) is 0 Å². The summed E-state index contributed by atoms with van der Waals surface area (Å²) >= 11 is 5.27. The molecule has 0 saturated heterocycles. The molecule has 0 atom stereocenters. The average Bonchev–Trinajstić information content (AvgIpc) is 2.05. The number of rotatable bonds is 1. The third-order valence-corrected chi connectivity index (χ3v) is 1.24. The second-order valence-electron chi connectivity index (χ2n) is 1.63. The van der Waals surface area contributed by atoms with E-state index < -0.39 is 6.09 Å². The van der Waals surface area contributed by atoms with Crippen molar-refractivity contribution in [2.75, 3.05) is 4.42 Å². The highest BCUT2D eigenvalue weighted by Gasteiger charge is 2.11. The van der Waals surface area contributed by atoms with Crippen LogP contribution >= 0.6 is 11.8 Å². The second kappa shape index (κ2) is 3.16. The topological polar surface area (TPSA) is 66.3 Å². The molecule has 5 nitrogen and oxygen atoms in total. The van der Waals surface area contributed by atoms with Gasteiger partial charge in [0, 0.05) is 24.2 Å². The summed E-state index contributed by atoms with van der Waals surface area (Å²) in [6.45, 7) is 0. The van der Waals surface area contributed by atoms with E-state index in [4.69, 9.17) is 16.9 Å². The number of anilines is 1. The Hall–Kier alpha value is -1.36. The van der Waals surface area contributed by atoms with Gasteiger partial charge in [-0.2, -0.15) is 4.42 Å². The molecular formula is C5H4ClN3O2. The Kier molecular flexibility index (Phi) is 2.22. The molecule has 0 fully saturated rings. The van der Waals surface area contributed by atoms with Crippen LogP contribution < -0.4 is 4.42 Å². The van der Waals surface area contributed by atoms with Crippen molar-refractivity contribution < 1.29 is 9.90 Å². The maximum atomic E-state index is 10.2. The Balaban J connectivity index is 2.85. The summed E-state index contributed by atoms with van der Waals surface area (Å²) in [6.07, 6.45) is 2.75. The van der Waals surface area contributed by atoms with Gasteiger partial charge in [-0.1, -0.05) is 0 Å². The van der Waals surface area contributed by atoms with E-state index in [1.165, 1.54) is 18.6 Å². The number of hydrogen-bond donors (Lipinski definition) is 1. The number of carbonyl (C=O) groups is 1. The van der Waals surface area contributed by atoms with Crippen LogP contribution in [-0.2, 0) is 0 Å². The van der Waals surface area contributed by atoms with Gasteiger partial charge in [-0.15, -0.1) is 0 Å². The van der Waals surface area contributed by atoms with Crippen LogP contribution in [0.5, 0.6) is 0 Å². The van der Waals surface area contributed by atoms with Gasteiger partial charge in [0.25, 0.3) is 0 Å². The number of aromatic nitrogens is 2. The van der Waals surface area contributed by atoms with Crippen LogP contribution in [0.15, 0.2) is 18.6 Å². The van der Waals surface area contributed by atoms with Crippen molar-refractivity contribution in [3.05, 3.63) is 18.6 Å². The van der Waals surface area contributed by atoms with E-state index in [0.29, 0.717) is 4.42 Å². The molecule has 0 saturated carbocycles. The van der Waals surface area contributed by atoms with Gasteiger partial charge in [0.2, 0.25) is 0 Å². The molecule has 0 radical (unpaired) electrons. The lowest BCUT2D eigenvalue weighted by molar-refractivity contribution is 0.206. The van der Waals surface area contributed by atoms with Crippen LogP contribution in [-0.4, -0.2) is 21.2 Å². The molecule has 1 rings (SSSR count). The smallest absolute Gasteiger partial charge is 0.428 e. The molecule has 0 unspecified atom stereocenters. The summed E-state index contributed by atoms with van der Waals surface area (Å²) in [5, 5.41) is 8.36. The van der Waals surface area contributed by atoms with Crippen molar-refractivity contribution in [1.29, 1.82) is 0 Å². The molecule has 0 aromatic carbocycles. The molecule has 1 aromatic rings. The summed E-state index contributed by atoms with van der Waals surface area (Å²) in [6, 6.07) is 0. The first-order chi connectivity index (χ1) is 5.22. The van der Waals surface area contributed by atoms with E-state index >= 15 is 0 Å². The van der Waals surface area contributed by atoms with E-state index in [1.54, 1.807) is 0 Å². The maximum Gasteiger partial charge on any atom is 0.428 e. The predicted molar refractivity (Wildman–Crippen MR) is 38.4 cm³/mol. The first kappa shape index (κ1) is 7.74. The van der Waals surface area contributed by atoms with Crippen LogP contribution in [0.25, 0.3) is 0 Å². The monoisotopic (exact) mass is 173 g/mol. The van der Waals surface area contributed by atoms with Gasteiger partial charge < -0.3 is 5.11 Å². The summed E-state index contributed by atoms with van der Waals surface area (Å²) in [7, 11) is 0. The normalized spacial score (nSPS) is 9.18. The van der Waals surface area contributed by atoms with Crippen LogP contribution in [0.2, 0.25) is 0 Å². The SMILES string of the molecule is O=C(O)N(Cl)c1cnccn1. The van der Waals surface area contributed by atoms with Crippen LogP contribution in [0.3, 0.4) is 0 Å². The fourth-order valence-electron chi connectivity index (χ4n) is 0.491. The third kappa shape index (κ3) is 1.78. The minimum absolute atomic E-state index is 0.0849. The van der Waals surface area contributed by atoms with Gasteiger partial charge in [-0.25, -0.2) is 9.78 Å². The second-order valence-corrected chi connectivity index (χ2v) is 1.97. The largest absolute Gasteiger partial charge is 0.464 e. The molecule has 1 heterocycles. The van der Waals surface area contributed by atoms with E-state index in [2.05, 4.69) is 9.97 Å². The summed E-state index contributed by atoms with van der Waals surface area (Å²) in [4.78, 5) is 17.5. The average molecular weight is 174 g/mol. The third-order valence-electron chi connectivity index (χ3n) is 0.919. The first-order valence-corrected chi connectivity index (χ1v) is 3.00. The van der Waals surface area contributed by atoms with Crippen molar-refractivity contribution in [3.63, 3.8) is 0 Å². The standard InChI is InChI=1S/C5H4ClN3O2/c6-9(5(10)11)4-3-7-1-2-8-4/h1-3H,(H,10,11). The number of nitrogens with zero attached hydrogens (tertiary/aromatic N) is 3. The Labute approximate surface area is 67.4 Å². The lowest BCUT2D eigenvalue weighted by atomic mass is 10.6. The molecule has 1 aromatic heterocycles. The number of hydrogen-bond acceptors (Lipinski definition) is 3. The molecule has 11 heavy (non-hydrogen) atoms. The van der Waals surface area contributed by atoms with Crippen molar-refractivity contribution in [2.24, 2.45) is 0 Å².